The smallest absolute Gasteiger partial charge is 0.181 e. The summed E-state index contributed by atoms with van der Waals surface area (Å²) in [5.74, 6) is -0.493. The van der Waals surface area contributed by atoms with Gasteiger partial charge >= 0.3 is 0 Å². The summed E-state index contributed by atoms with van der Waals surface area (Å²) in [7, 11) is 1.39. The lowest BCUT2D eigenvalue weighted by atomic mass is 10.1. The molecule has 1 aromatic carbocycles. The van der Waals surface area contributed by atoms with Gasteiger partial charge in [0.25, 0.3) is 0 Å². The Bertz CT molecular complexity index is 365. The number of benzene rings is 1. The van der Waals surface area contributed by atoms with Crippen molar-refractivity contribution in [3.05, 3.63) is 22.7 Å². The molecule has 0 unspecified atom stereocenters. The van der Waals surface area contributed by atoms with Crippen molar-refractivity contribution in [3.8, 4) is 11.5 Å². The van der Waals surface area contributed by atoms with E-state index in [0.29, 0.717) is 0 Å². The molecule has 1 rings (SSSR count). The first-order valence-electron chi connectivity index (χ1n) is 3.90. The maximum atomic E-state index is 11.3. The zero-order chi connectivity index (χ0) is 10.7. The van der Waals surface area contributed by atoms with E-state index in [9.17, 15) is 9.90 Å². The first-order valence-corrected chi connectivity index (χ1v) is 4.28. The number of nitrogens with two attached hydrogens (primary N) is 1. The number of methoxy groups -OCH3 is 1. The molecule has 0 spiro atoms. The molecule has 0 aliphatic heterocycles. The molecule has 0 aliphatic carbocycles. The normalized spacial score (nSPS) is 9.93. The van der Waals surface area contributed by atoms with Crippen LogP contribution in [-0.4, -0.2) is 24.5 Å². The van der Waals surface area contributed by atoms with Crippen LogP contribution in [-0.2, 0) is 0 Å². The number of phenolic OH excluding ortho intramolecular Hbond substituents is 1. The van der Waals surface area contributed by atoms with Crippen LogP contribution < -0.4 is 10.5 Å². The lowest BCUT2D eigenvalue weighted by Gasteiger charge is -2.08. The van der Waals surface area contributed by atoms with E-state index in [1.165, 1.54) is 19.2 Å². The molecule has 14 heavy (non-hydrogen) atoms. The average Bonchev–Trinajstić information content (AvgIpc) is 2.18. The highest BCUT2D eigenvalue weighted by molar-refractivity contribution is 6.34. The molecule has 76 valence electrons. The average molecular weight is 216 g/mol. The number of phenols is 1. The van der Waals surface area contributed by atoms with Crippen LogP contribution in [0.3, 0.4) is 0 Å². The highest BCUT2D eigenvalue weighted by atomic mass is 35.5. The number of rotatable bonds is 3. The SMILES string of the molecule is COc1ccc(Cl)c(C(=O)CN)c1O. The maximum Gasteiger partial charge on any atom is 0.181 e. The fourth-order valence-corrected chi connectivity index (χ4v) is 1.34. The molecule has 0 heterocycles. The second-order valence-electron chi connectivity index (χ2n) is 2.60. The molecule has 0 aromatic heterocycles. The summed E-state index contributed by atoms with van der Waals surface area (Å²) in [6.07, 6.45) is 0. The summed E-state index contributed by atoms with van der Waals surface area (Å²) >= 11 is 5.74. The van der Waals surface area contributed by atoms with Crippen LogP contribution in [0.2, 0.25) is 5.02 Å². The predicted molar refractivity (Wildman–Crippen MR) is 53.1 cm³/mol. The Morgan fingerprint density at radius 2 is 2.29 bits per heavy atom. The quantitative estimate of drug-likeness (QED) is 0.743. The lowest BCUT2D eigenvalue weighted by Crippen LogP contribution is -2.14. The number of ether oxygens (including phenoxy) is 1. The van der Waals surface area contributed by atoms with Gasteiger partial charge in [0.1, 0.15) is 0 Å². The summed E-state index contributed by atoms with van der Waals surface area (Å²) in [5, 5.41) is 9.75. The minimum Gasteiger partial charge on any atom is -0.504 e. The number of carbonyl (C=O) groups is 1. The third kappa shape index (κ3) is 1.81. The van der Waals surface area contributed by atoms with Gasteiger partial charge in [-0.15, -0.1) is 0 Å². The van der Waals surface area contributed by atoms with Crippen molar-refractivity contribution < 1.29 is 14.6 Å². The van der Waals surface area contributed by atoms with Gasteiger partial charge in [-0.2, -0.15) is 0 Å². The fraction of sp³-hybridized carbons (Fsp3) is 0.222. The third-order valence-electron chi connectivity index (χ3n) is 1.77. The second-order valence-corrected chi connectivity index (χ2v) is 3.01. The van der Waals surface area contributed by atoms with Gasteiger partial charge in [0.15, 0.2) is 17.3 Å². The van der Waals surface area contributed by atoms with Crippen LogP contribution in [0, 0.1) is 0 Å². The van der Waals surface area contributed by atoms with Gasteiger partial charge in [0.05, 0.1) is 24.2 Å². The van der Waals surface area contributed by atoms with Crippen molar-refractivity contribution in [3.63, 3.8) is 0 Å². The molecule has 0 radical (unpaired) electrons. The Balaban J connectivity index is 3.32. The molecule has 3 N–H and O–H groups in total. The van der Waals surface area contributed by atoms with Gasteiger partial charge in [-0.1, -0.05) is 11.6 Å². The topological polar surface area (TPSA) is 72.5 Å². The molecule has 1 aromatic rings. The fourth-order valence-electron chi connectivity index (χ4n) is 1.08. The third-order valence-corrected chi connectivity index (χ3v) is 2.09. The number of halogens is 1. The number of carbonyl (C=O) groups excluding carboxylic acids is 1. The molecule has 0 saturated heterocycles. The molecule has 0 fully saturated rings. The first-order chi connectivity index (χ1) is 6.61. The zero-order valence-corrected chi connectivity index (χ0v) is 8.34. The largest absolute Gasteiger partial charge is 0.504 e. The highest BCUT2D eigenvalue weighted by Crippen LogP contribution is 2.34. The van der Waals surface area contributed by atoms with E-state index in [1.807, 2.05) is 0 Å². The van der Waals surface area contributed by atoms with Crippen molar-refractivity contribution in [2.75, 3.05) is 13.7 Å². The van der Waals surface area contributed by atoms with Crippen molar-refractivity contribution in [1.29, 1.82) is 0 Å². The maximum absolute atomic E-state index is 11.3. The highest BCUT2D eigenvalue weighted by Gasteiger charge is 2.17. The van der Waals surface area contributed by atoms with Crippen LogP contribution >= 0.6 is 11.6 Å². The molecule has 0 saturated carbocycles. The Labute approximate surface area is 86.2 Å². The van der Waals surface area contributed by atoms with Crippen molar-refractivity contribution in [2.45, 2.75) is 0 Å². The van der Waals surface area contributed by atoms with E-state index in [4.69, 9.17) is 22.1 Å². The zero-order valence-electron chi connectivity index (χ0n) is 7.58. The minimum atomic E-state index is -0.425. The summed E-state index contributed by atoms with van der Waals surface area (Å²) in [6, 6.07) is 2.95. The van der Waals surface area contributed by atoms with E-state index in [0.717, 1.165) is 0 Å². The van der Waals surface area contributed by atoms with E-state index < -0.39 is 5.78 Å². The molecule has 4 nitrogen and oxygen atoms in total. The molecule has 5 heteroatoms. The Morgan fingerprint density at radius 3 is 2.79 bits per heavy atom. The number of hydrogen-bond acceptors (Lipinski definition) is 4. The van der Waals surface area contributed by atoms with Crippen LogP contribution in [0.1, 0.15) is 10.4 Å². The molecule has 0 bridgehead atoms. The monoisotopic (exact) mass is 215 g/mol. The Hall–Kier alpha value is -1.26. The lowest BCUT2D eigenvalue weighted by molar-refractivity contribution is 0.0998. The van der Waals surface area contributed by atoms with E-state index >= 15 is 0 Å². The van der Waals surface area contributed by atoms with E-state index in [2.05, 4.69) is 0 Å². The van der Waals surface area contributed by atoms with Gasteiger partial charge in [-0.05, 0) is 12.1 Å². The standard InChI is InChI=1S/C9H10ClNO3/c1-14-7-3-2-5(10)8(9(7)13)6(12)4-11/h2-3,13H,4,11H2,1H3. The van der Waals surface area contributed by atoms with E-state index in [1.54, 1.807) is 0 Å². The second kappa shape index (κ2) is 4.30. The van der Waals surface area contributed by atoms with Gasteiger partial charge in [-0.25, -0.2) is 0 Å². The van der Waals surface area contributed by atoms with Crippen molar-refractivity contribution in [2.24, 2.45) is 5.73 Å². The molecular formula is C9H10ClNO3. The number of Topliss-reactive ketones (excluding diaryl/α,β-unsaturated/α-hetero) is 1. The van der Waals surface area contributed by atoms with Crippen molar-refractivity contribution in [1.82, 2.24) is 0 Å². The molecule has 0 aliphatic rings. The Morgan fingerprint density at radius 1 is 1.64 bits per heavy atom. The summed E-state index contributed by atoms with van der Waals surface area (Å²) in [5.41, 5.74) is 5.18. The van der Waals surface area contributed by atoms with E-state index in [-0.39, 0.29) is 28.6 Å². The molecule has 0 amide bonds. The summed E-state index contributed by atoms with van der Waals surface area (Å²) < 4.78 is 4.83. The van der Waals surface area contributed by atoms with Gasteiger partial charge in [0, 0.05) is 0 Å². The summed E-state index contributed by atoms with van der Waals surface area (Å²) in [6.45, 7) is -0.208. The molecular weight excluding hydrogens is 206 g/mol. The first kappa shape index (κ1) is 10.8. The number of ketones is 1. The predicted octanol–water partition coefficient (Wildman–Crippen LogP) is 1.20. The Kier molecular flexibility index (Phi) is 3.33. The van der Waals surface area contributed by atoms with Gasteiger partial charge in [-0.3, -0.25) is 4.79 Å². The van der Waals surface area contributed by atoms with Crippen LogP contribution in [0.25, 0.3) is 0 Å². The molecule has 0 atom stereocenters. The van der Waals surface area contributed by atoms with Crippen molar-refractivity contribution >= 4 is 17.4 Å². The van der Waals surface area contributed by atoms with Crippen LogP contribution in [0.5, 0.6) is 11.5 Å². The minimum absolute atomic E-state index is 0.00789. The van der Waals surface area contributed by atoms with Crippen LogP contribution in [0.4, 0.5) is 0 Å². The number of aromatic hydroxyl groups is 1. The van der Waals surface area contributed by atoms with Gasteiger partial charge in [0.2, 0.25) is 0 Å². The van der Waals surface area contributed by atoms with Gasteiger partial charge < -0.3 is 15.6 Å². The van der Waals surface area contributed by atoms with Crippen LogP contribution in [0.15, 0.2) is 12.1 Å². The number of hydrogen-bond donors (Lipinski definition) is 2. The summed E-state index contributed by atoms with van der Waals surface area (Å²) in [4.78, 5) is 11.3.